The molecule has 0 fully saturated rings. The van der Waals surface area contributed by atoms with Crippen LogP contribution in [0.5, 0.6) is 0 Å². The molecule has 0 N–H and O–H groups in total. The van der Waals surface area contributed by atoms with Crippen LogP contribution in [0, 0.1) is 27.2 Å². The van der Waals surface area contributed by atoms with Crippen molar-refractivity contribution < 1.29 is 19.4 Å². The Labute approximate surface area is 95.1 Å². The van der Waals surface area contributed by atoms with Gasteiger partial charge in [-0.05, 0) is 13.0 Å². The molecule has 8 nitrogen and oxygen atoms in total. The highest BCUT2D eigenvalue weighted by Crippen LogP contribution is 2.31. The quantitative estimate of drug-likeness (QED) is 0.450. The average Bonchev–Trinajstić information content (AvgIpc) is 2.26. The van der Waals surface area contributed by atoms with E-state index < -0.39 is 32.8 Å². The molecule has 17 heavy (non-hydrogen) atoms. The Morgan fingerprint density at radius 3 is 2.24 bits per heavy atom. The average molecular weight is 240 g/mol. The van der Waals surface area contributed by atoms with Crippen molar-refractivity contribution >= 4 is 17.3 Å². The molecule has 0 spiro atoms. The Morgan fingerprint density at radius 1 is 1.24 bits per heavy atom. The number of ether oxygens (including phenoxy) is 1. The van der Waals surface area contributed by atoms with Gasteiger partial charge in [0.1, 0.15) is 0 Å². The van der Waals surface area contributed by atoms with Crippen molar-refractivity contribution in [3.05, 3.63) is 43.5 Å². The predicted molar refractivity (Wildman–Crippen MR) is 55.8 cm³/mol. The molecule has 0 aliphatic rings. The number of hydrogen-bond acceptors (Lipinski definition) is 6. The summed E-state index contributed by atoms with van der Waals surface area (Å²) < 4.78 is 4.33. The second-order valence-corrected chi connectivity index (χ2v) is 3.13. The number of rotatable bonds is 3. The molecule has 0 heterocycles. The summed E-state index contributed by atoms with van der Waals surface area (Å²) in [6.45, 7) is 1.38. The summed E-state index contributed by atoms with van der Waals surface area (Å²) in [5.74, 6) is -1.10. The lowest BCUT2D eigenvalue weighted by Crippen LogP contribution is -2.10. The number of nitro benzene ring substituents is 2. The highest BCUT2D eigenvalue weighted by molar-refractivity contribution is 5.98. The number of benzene rings is 1. The number of hydrogen-bond donors (Lipinski definition) is 0. The van der Waals surface area contributed by atoms with Crippen LogP contribution in [-0.4, -0.2) is 22.9 Å². The van der Waals surface area contributed by atoms with Gasteiger partial charge >= 0.3 is 5.97 Å². The van der Waals surface area contributed by atoms with Crippen molar-refractivity contribution in [1.82, 2.24) is 0 Å². The van der Waals surface area contributed by atoms with E-state index in [1.165, 1.54) is 13.0 Å². The molecule has 8 heteroatoms. The van der Waals surface area contributed by atoms with Crippen LogP contribution in [0.3, 0.4) is 0 Å². The van der Waals surface area contributed by atoms with E-state index in [1.54, 1.807) is 0 Å². The van der Waals surface area contributed by atoms with Crippen LogP contribution in [-0.2, 0) is 4.74 Å². The monoisotopic (exact) mass is 240 g/mol. The summed E-state index contributed by atoms with van der Waals surface area (Å²) in [6, 6.07) is 2.25. The van der Waals surface area contributed by atoms with Gasteiger partial charge in [0.2, 0.25) is 5.56 Å². The van der Waals surface area contributed by atoms with E-state index in [1.807, 2.05) is 0 Å². The van der Waals surface area contributed by atoms with Gasteiger partial charge in [0.05, 0.1) is 17.0 Å². The van der Waals surface area contributed by atoms with Crippen LogP contribution >= 0.6 is 0 Å². The lowest BCUT2D eigenvalue weighted by atomic mass is 10.1. The Balaban J connectivity index is 3.67. The van der Waals surface area contributed by atoms with Gasteiger partial charge < -0.3 is 4.74 Å². The van der Waals surface area contributed by atoms with Crippen molar-refractivity contribution in [2.24, 2.45) is 0 Å². The zero-order valence-electron chi connectivity index (χ0n) is 9.00. The third-order valence-electron chi connectivity index (χ3n) is 2.13. The molecule has 0 atom stereocenters. The van der Waals surface area contributed by atoms with E-state index in [0.717, 1.165) is 13.2 Å². The molecule has 0 unspecified atom stereocenters. The summed E-state index contributed by atoms with van der Waals surface area (Å²) in [7, 11) is 0.998. The third kappa shape index (κ3) is 2.19. The fourth-order valence-corrected chi connectivity index (χ4v) is 1.38. The van der Waals surface area contributed by atoms with Crippen LogP contribution in [0.4, 0.5) is 11.4 Å². The van der Waals surface area contributed by atoms with Gasteiger partial charge in [0.15, 0.2) is 0 Å². The summed E-state index contributed by atoms with van der Waals surface area (Å²) in [5.41, 5.74) is -1.73. The number of esters is 1. The molecule has 0 bridgehead atoms. The largest absolute Gasteiger partial charge is 0.465 e. The van der Waals surface area contributed by atoms with Crippen molar-refractivity contribution in [3.8, 4) is 0 Å². The molecule has 0 aliphatic heterocycles. The minimum atomic E-state index is -1.10. The summed E-state index contributed by atoms with van der Waals surface area (Å²) in [5, 5.41) is 21.5. The van der Waals surface area contributed by atoms with Gasteiger partial charge in [-0.15, -0.1) is 0 Å². The summed E-state index contributed by atoms with van der Waals surface area (Å²) in [6.07, 6.45) is 0. The first-order valence-corrected chi connectivity index (χ1v) is 4.40. The Bertz CT molecular complexity index is 510. The maximum absolute atomic E-state index is 11.4. The zero-order chi connectivity index (χ0) is 13.2. The molecule has 1 rings (SSSR count). The van der Waals surface area contributed by atoms with Crippen molar-refractivity contribution in [3.63, 3.8) is 0 Å². The van der Waals surface area contributed by atoms with Crippen LogP contribution in [0.2, 0.25) is 0 Å². The van der Waals surface area contributed by atoms with Crippen LogP contribution in [0.25, 0.3) is 0 Å². The van der Waals surface area contributed by atoms with E-state index in [9.17, 15) is 25.0 Å². The third-order valence-corrected chi connectivity index (χ3v) is 2.13. The highest BCUT2D eigenvalue weighted by atomic mass is 16.6. The van der Waals surface area contributed by atoms with Gasteiger partial charge in [-0.1, -0.05) is 0 Å². The Morgan fingerprint density at radius 2 is 1.82 bits per heavy atom. The molecule has 1 aromatic carbocycles. The molecule has 0 saturated heterocycles. The second-order valence-electron chi connectivity index (χ2n) is 3.13. The van der Waals surface area contributed by atoms with Gasteiger partial charge in [0.25, 0.3) is 11.4 Å². The molecule has 1 aromatic rings. The van der Waals surface area contributed by atoms with E-state index in [0.29, 0.717) is 0 Å². The van der Waals surface area contributed by atoms with Gasteiger partial charge in [-0.25, -0.2) is 4.79 Å². The van der Waals surface area contributed by atoms with Crippen molar-refractivity contribution in [2.45, 2.75) is 6.92 Å². The highest BCUT2D eigenvalue weighted by Gasteiger charge is 2.33. The molecular formula is C9H8N2O6. The molecule has 0 radical (unpaired) electrons. The van der Waals surface area contributed by atoms with Gasteiger partial charge in [0, 0.05) is 11.6 Å². The maximum Gasteiger partial charge on any atom is 0.352 e. The van der Waals surface area contributed by atoms with Crippen LogP contribution < -0.4 is 0 Å². The summed E-state index contributed by atoms with van der Waals surface area (Å²) >= 11 is 0. The smallest absolute Gasteiger partial charge is 0.352 e. The SMILES string of the molecule is COC(=O)c1c([N+](=O)[O-])ccc(C)c1[N+](=O)[O-]. The molecule has 0 amide bonds. The number of nitro groups is 2. The number of carbonyl (C=O) groups excluding carboxylic acids is 1. The molecule has 90 valence electrons. The Kier molecular flexibility index (Phi) is 3.37. The number of carbonyl (C=O) groups is 1. The zero-order valence-corrected chi connectivity index (χ0v) is 9.00. The normalized spacial score (nSPS) is 9.76. The van der Waals surface area contributed by atoms with E-state index in [-0.39, 0.29) is 5.56 Å². The van der Waals surface area contributed by atoms with E-state index in [4.69, 9.17) is 0 Å². The van der Waals surface area contributed by atoms with E-state index >= 15 is 0 Å². The molecule has 0 aromatic heterocycles. The minimum absolute atomic E-state index is 0.154. The second kappa shape index (κ2) is 4.56. The topological polar surface area (TPSA) is 113 Å². The number of aryl methyl sites for hydroxylation is 1. The lowest BCUT2D eigenvalue weighted by molar-refractivity contribution is -0.395. The van der Waals surface area contributed by atoms with Gasteiger partial charge in [-0.3, -0.25) is 20.2 Å². The predicted octanol–water partition coefficient (Wildman–Crippen LogP) is 1.60. The van der Waals surface area contributed by atoms with Crippen molar-refractivity contribution in [2.75, 3.05) is 7.11 Å². The lowest BCUT2D eigenvalue weighted by Gasteiger charge is -2.04. The molecule has 0 saturated carbocycles. The van der Waals surface area contributed by atoms with Gasteiger partial charge in [-0.2, -0.15) is 0 Å². The first kappa shape index (κ1) is 12.6. The number of methoxy groups -OCH3 is 1. The van der Waals surface area contributed by atoms with Crippen LogP contribution in [0.15, 0.2) is 12.1 Å². The number of nitrogens with zero attached hydrogens (tertiary/aromatic N) is 2. The fraction of sp³-hybridized carbons (Fsp3) is 0.222. The first-order valence-electron chi connectivity index (χ1n) is 4.40. The Hall–Kier alpha value is -2.51. The van der Waals surface area contributed by atoms with Crippen LogP contribution in [0.1, 0.15) is 15.9 Å². The molecule has 0 aliphatic carbocycles. The first-order chi connectivity index (χ1) is 7.90. The fourth-order valence-electron chi connectivity index (χ4n) is 1.38. The minimum Gasteiger partial charge on any atom is -0.465 e. The van der Waals surface area contributed by atoms with E-state index in [2.05, 4.69) is 4.74 Å². The maximum atomic E-state index is 11.4. The molecular weight excluding hydrogens is 232 g/mol. The van der Waals surface area contributed by atoms with Crippen molar-refractivity contribution in [1.29, 1.82) is 0 Å². The standard InChI is InChI=1S/C9H8N2O6/c1-5-3-4-6(10(13)14)7(9(12)17-2)8(5)11(15)16/h3-4H,1-2H3. The summed E-state index contributed by atoms with van der Waals surface area (Å²) in [4.78, 5) is 31.2.